The van der Waals surface area contributed by atoms with Crippen LogP contribution in [-0.2, 0) is 19.6 Å². The maximum absolute atomic E-state index is 8.79. The van der Waals surface area contributed by atoms with Crippen molar-refractivity contribution in [3.05, 3.63) is 69.2 Å². The van der Waals surface area contributed by atoms with Crippen LogP contribution in [-0.4, -0.2) is 4.90 Å². The average molecular weight is 313 g/mol. The van der Waals surface area contributed by atoms with Gasteiger partial charge in [-0.15, -0.1) is 0 Å². The van der Waals surface area contributed by atoms with Crippen LogP contribution in [0, 0.1) is 11.3 Å². The monoisotopic (exact) mass is 312 g/mol. The fourth-order valence-corrected chi connectivity index (χ4v) is 2.90. The van der Waals surface area contributed by atoms with Crippen LogP contribution in [0.4, 0.5) is 0 Å². The molecule has 2 aromatic rings. The molecule has 0 N–H and O–H groups in total. The zero-order valence-corrected chi connectivity index (χ0v) is 12.0. The van der Waals surface area contributed by atoms with E-state index in [0.717, 1.165) is 29.7 Å². The highest BCUT2D eigenvalue weighted by Gasteiger charge is 2.18. The summed E-state index contributed by atoms with van der Waals surface area (Å²) in [5.41, 5.74) is 4.79. The standard InChI is InChI=1S/C16H13BrN2/c17-16-6-5-14-10-19(11-15(14)7-16)9-13-3-1-12(8-18)2-4-13/h1-7H,9-11H2. The van der Waals surface area contributed by atoms with Gasteiger partial charge in [-0.1, -0.05) is 34.1 Å². The van der Waals surface area contributed by atoms with Crippen molar-refractivity contribution in [2.75, 3.05) is 0 Å². The first-order chi connectivity index (χ1) is 9.24. The summed E-state index contributed by atoms with van der Waals surface area (Å²) in [6, 6.07) is 16.5. The molecule has 0 radical (unpaired) electrons. The predicted octanol–water partition coefficient (Wildman–Crippen LogP) is 3.84. The molecule has 3 heteroatoms. The summed E-state index contributed by atoms with van der Waals surface area (Å²) in [5.74, 6) is 0. The molecule has 0 unspecified atom stereocenters. The molecule has 1 aliphatic rings. The van der Waals surface area contributed by atoms with Gasteiger partial charge in [-0.05, 0) is 41.0 Å². The van der Waals surface area contributed by atoms with Crippen molar-refractivity contribution in [3.8, 4) is 6.07 Å². The first-order valence-corrected chi connectivity index (χ1v) is 7.02. The molecule has 0 saturated carbocycles. The van der Waals surface area contributed by atoms with Crippen LogP contribution in [0.2, 0.25) is 0 Å². The molecule has 2 aromatic carbocycles. The van der Waals surface area contributed by atoms with Crippen LogP contribution in [0.15, 0.2) is 46.9 Å². The minimum absolute atomic E-state index is 0.720. The second-order valence-electron chi connectivity index (χ2n) is 4.87. The smallest absolute Gasteiger partial charge is 0.0991 e. The Balaban J connectivity index is 1.71. The molecular formula is C16H13BrN2. The first-order valence-electron chi connectivity index (χ1n) is 6.23. The lowest BCUT2D eigenvalue weighted by atomic mass is 10.1. The summed E-state index contributed by atoms with van der Waals surface area (Å²) in [6.07, 6.45) is 0. The van der Waals surface area contributed by atoms with Gasteiger partial charge in [-0.25, -0.2) is 0 Å². The van der Waals surface area contributed by atoms with Crippen LogP contribution in [0.1, 0.15) is 22.3 Å². The number of fused-ring (bicyclic) bond motifs is 1. The number of hydrogen-bond acceptors (Lipinski definition) is 2. The molecule has 0 spiro atoms. The van der Waals surface area contributed by atoms with Gasteiger partial charge in [0.15, 0.2) is 0 Å². The van der Waals surface area contributed by atoms with E-state index >= 15 is 0 Å². The number of nitriles is 1. The molecule has 0 atom stereocenters. The van der Waals surface area contributed by atoms with Crippen molar-refractivity contribution >= 4 is 15.9 Å². The summed E-state index contributed by atoms with van der Waals surface area (Å²) >= 11 is 3.52. The molecule has 19 heavy (non-hydrogen) atoms. The van der Waals surface area contributed by atoms with Gasteiger partial charge in [-0.3, -0.25) is 4.90 Å². The SMILES string of the molecule is N#Cc1ccc(CN2Cc3ccc(Br)cc3C2)cc1. The Bertz CT molecular complexity index is 641. The van der Waals surface area contributed by atoms with Crippen LogP contribution in [0.5, 0.6) is 0 Å². The van der Waals surface area contributed by atoms with Crippen LogP contribution >= 0.6 is 15.9 Å². The maximum Gasteiger partial charge on any atom is 0.0991 e. The Hall–Kier alpha value is -1.63. The minimum atomic E-state index is 0.720. The molecule has 0 saturated heterocycles. The molecule has 0 amide bonds. The van der Waals surface area contributed by atoms with Gasteiger partial charge in [-0.2, -0.15) is 5.26 Å². The third kappa shape index (κ3) is 2.70. The highest BCUT2D eigenvalue weighted by atomic mass is 79.9. The number of hydrogen-bond donors (Lipinski definition) is 0. The second-order valence-corrected chi connectivity index (χ2v) is 5.78. The topological polar surface area (TPSA) is 27.0 Å². The highest BCUT2D eigenvalue weighted by molar-refractivity contribution is 9.10. The molecule has 1 heterocycles. The quantitative estimate of drug-likeness (QED) is 0.842. The van der Waals surface area contributed by atoms with E-state index in [-0.39, 0.29) is 0 Å². The zero-order chi connectivity index (χ0) is 13.2. The van der Waals surface area contributed by atoms with E-state index in [4.69, 9.17) is 5.26 Å². The van der Waals surface area contributed by atoms with Gasteiger partial charge in [0.2, 0.25) is 0 Å². The normalized spacial score (nSPS) is 14.1. The van der Waals surface area contributed by atoms with Crippen molar-refractivity contribution in [3.63, 3.8) is 0 Å². The van der Waals surface area contributed by atoms with Crippen LogP contribution in [0.3, 0.4) is 0 Å². The molecule has 94 valence electrons. The molecule has 3 rings (SSSR count). The van der Waals surface area contributed by atoms with Gasteiger partial charge in [0, 0.05) is 24.1 Å². The van der Waals surface area contributed by atoms with Crippen molar-refractivity contribution in [2.45, 2.75) is 19.6 Å². The summed E-state index contributed by atoms with van der Waals surface area (Å²) in [5, 5.41) is 8.79. The Morgan fingerprint density at radius 2 is 1.79 bits per heavy atom. The number of rotatable bonds is 2. The molecule has 0 bridgehead atoms. The van der Waals surface area contributed by atoms with E-state index in [1.807, 2.05) is 24.3 Å². The third-order valence-electron chi connectivity index (χ3n) is 3.45. The lowest BCUT2D eigenvalue weighted by molar-refractivity contribution is 0.275. The Labute approximate surface area is 121 Å². The summed E-state index contributed by atoms with van der Waals surface area (Å²) in [7, 11) is 0. The maximum atomic E-state index is 8.79. The fourth-order valence-electron chi connectivity index (χ4n) is 2.49. The van der Waals surface area contributed by atoms with Crippen molar-refractivity contribution < 1.29 is 0 Å². The molecular weight excluding hydrogens is 300 g/mol. The lowest BCUT2D eigenvalue weighted by Crippen LogP contribution is -2.15. The lowest BCUT2D eigenvalue weighted by Gasteiger charge is -2.14. The summed E-state index contributed by atoms with van der Waals surface area (Å²) in [4.78, 5) is 2.42. The summed E-state index contributed by atoms with van der Waals surface area (Å²) in [6.45, 7) is 2.93. The fraction of sp³-hybridized carbons (Fsp3) is 0.188. The Kier molecular flexibility index (Phi) is 3.37. The number of halogens is 1. The number of benzene rings is 2. The summed E-state index contributed by atoms with van der Waals surface area (Å²) < 4.78 is 1.14. The number of nitrogens with zero attached hydrogens (tertiary/aromatic N) is 2. The largest absolute Gasteiger partial charge is 0.291 e. The van der Waals surface area contributed by atoms with E-state index in [1.54, 1.807) is 0 Å². The van der Waals surface area contributed by atoms with Gasteiger partial charge >= 0.3 is 0 Å². The highest BCUT2D eigenvalue weighted by Crippen LogP contribution is 2.27. The van der Waals surface area contributed by atoms with Gasteiger partial charge < -0.3 is 0 Å². The van der Waals surface area contributed by atoms with E-state index in [2.05, 4.69) is 45.1 Å². The molecule has 2 nitrogen and oxygen atoms in total. The molecule has 0 aromatic heterocycles. The van der Waals surface area contributed by atoms with Gasteiger partial charge in [0.25, 0.3) is 0 Å². The van der Waals surface area contributed by atoms with E-state index < -0.39 is 0 Å². The first kappa shape index (κ1) is 12.4. The molecule has 1 aliphatic heterocycles. The van der Waals surface area contributed by atoms with Crippen molar-refractivity contribution in [1.82, 2.24) is 4.90 Å². The third-order valence-corrected chi connectivity index (χ3v) is 3.94. The van der Waals surface area contributed by atoms with Crippen molar-refractivity contribution in [1.29, 1.82) is 5.26 Å². The van der Waals surface area contributed by atoms with E-state index in [0.29, 0.717) is 0 Å². The van der Waals surface area contributed by atoms with Crippen LogP contribution in [0.25, 0.3) is 0 Å². The van der Waals surface area contributed by atoms with Gasteiger partial charge in [0.05, 0.1) is 11.6 Å². The Morgan fingerprint density at radius 1 is 1.05 bits per heavy atom. The minimum Gasteiger partial charge on any atom is -0.291 e. The van der Waals surface area contributed by atoms with Crippen LogP contribution < -0.4 is 0 Å². The van der Waals surface area contributed by atoms with Gasteiger partial charge in [0.1, 0.15) is 0 Å². The molecule has 0 aliphatic carbocycles. The Morgan fingerprint density at radius 3 is 2.53 bits per heavy atom. The molecule has 0 fully saturated rings. The van der Waals surface area contributed by atoms with E-state index in [1.165, 1.54) is 16.7 Å². The predicted molar refractivity (Wildman–Crippen MR) is 78.3 cm³/mol. The van der Waals surface area contributed by atoms with E-state index in [9.17, 15) is 0 Å². The van der Waals surface area contributed by atoms with Crippen molar-refractivity contribution in [2.24, 2.45) is 0 Å². The average Bonchev–Trinajstić information content (AvgIpc) is 2.81. The second kappa shape index (κ2) is 5.16. The zero-order valence-electron chi connectivity index (χ0n) is 10.4.